The maximum Gasteiger partial charge on any atom is 0.588 e. The summed E-state index contributed by atoms with van der Waals surface area (Å²) in [6.07, 6.45) is 27.9. The molecule has 1 amide bonds. The van der Waals surface area contributed by atoms with Crippen molar-refractivity contribution < 1.29 is 52.5 Å². The molecule has 0 spiro atoms. The Morgan fingerprint density at radius 1 is 0.577 bits per heavy atom. The quantitative estimate of drug-likeness (QED) is 0.0283. The van der Waals surface area contributed by atoms with Crippen LogP contribution in [0.15, 0.2) is 60.7 Å². The Hall–Kier alpha value is -2.99. The summed E-state index contributed by atoms with van der Waals surface area (Å²) in [5, 5.41) is 35.9. The minimum Gasteiger partial charge on any atom is -0.457 e. The number of carbonyl (C=O) groups is 2. The molecule has 4 N–H and O–H groups in total. The van der Waals surface area contributed by atoms with E-state index in [0.717, 1.165) is 77.0 Å². The van der Waals surface area contributed by atoms with Crippen LogP contribution in [-0.4, -0.2) is 70.6 Å². The molecule has 0 radical (unpaired) electrons. The second-order valence-corrected chi connectivity index (χ2v) is 21.7. The average molecular weight is 1020 g/mol. The lowest BCUT2D eigenvalue weighted by molar-refractivity contribution is -0.255. The molecule has 1 saturated heterocycles. The first-order valence-corrected chi connectivity index (χ1v) is 30.0. The van der Waals surface area contributed by atoms with Gasteiger partial charge in [0.15, 0.2) is 12.4 Å². The van der Waals surface area contributed by atoms with Crippen LogP contribution in [0.25, 0.3) is 0 Å². The third-order valence-corrected chi connectivity index (χ3v) is 15.2. The van der Waals surface area contributed by atoms with Gasteiger partial charge in [-0.2, -0.15) is 0 Å². The number of ether oxygens (including phenoxy) is 2. The molecule has 2 aromatic rings. The van der Waals surface area contributed by atoms with Crippen molar-refractivity contribution in [1.82, 2.24) is 5.32 Å². The number of esters is 1. The van der Waals surface area contributed by atoms with Crippen LogP contribution in [0.4, 0.5) is 0 Å². The molecule has 406 valence electrons. The molecule has 3 rings (SSSR count). The number of rotatable bonds is 44. The number of hydrogen-bond donors (Lipinski definition) is 4. The van der Waals surface area contributed by atoms with Crippen molar-refractivity contribution in [3.8, 4) is 11.5 Å². The molecular formula is C58H98NO11P. The number of phosphoric ester groups is 1. The summed E-state index contributed by atoms with van der Waals surface area (Å²) in [6, 6.07) is 15.2. The Balaban J connectivity index is 1.82. The highest BCUT2D eigenvalue weighted by Gasteiger charge is 2.53. The largest absolute Gasteiger partial charge is 0.588 e. The van der Waals surface area contributed by atoms with E-state index in [4.69, 9.17) is 23.0 Å². The SMILES string of the molecule is CCCCCCCCCCCCC(CCCCCCCCCCC)CC(=O)O[C@H]1[C@H](OP(=O)(Oc2ccccc2)Oc2ccccc2)[C@@H](CO)OC(O)[C@@H]1NC(=O)C[C@H](O)CCCCCCCCCCC. The second-order valence-electron chi connectivity index (χ2n) is 20.3. The Kier molecular flexibility index (Phi) is 34.6. The smallest absolute Gasteiger partial charge is 0.457 e. The zero-order valence-corrected chi connectivity index (χ0v) is 45.3. The van der Waals surface area contributed by atoms with E-state index in [0.29, 0.717) is 6.42 Å². The molecule has 71 heavy (non-hydrogen) atoms. The van der Waals surface area contributed by atoms with Gasteiger partial charge < -0.3 is 39.2 Å². The van der Waals surface area contributed by atoms with E-state index in [1.165, 1.54) is 116 Å². The molecule has 2 aromatic carbocycles. The Labute approximate surface area is 430 Å². The maximum atomic E-state index is 14.9. The highest BCUT2D eigenvalue weighted by Crippen LogP contribution is 2.52. The fraction of sp³-hybridized carbons (Fsp3) is 0.759. The molecule has 7 atom stereocenters. The van der Waals surface area contributed by atoms with E-state index in [2.05, 4.69) is 26.1 Å². The summed E-state index contributed by atoms with van der Waals surface area (Å²) in [6.45, 7) is 5.95. The second kappa shape index (κ2) is 39.5. The van der Waals surface area contributed by atoms with Gasteiger partial charge in [0.25, 0.3) is 0 Å². The number of aliphatic hydroxyl groups is 3. The minimum atomic E-state index is -4.71. The van der Waals surface area contributed by atoms with E-state index >= 15 is 0 Å². The van der Waals surface area contributed by atoms with E-state index < -0.39 is 63.1 Å². The highest BCUT2D eigenvalue weighted by atomic mass is 31.2. The summed E-state index contributed by atoms with van der Waals surface area (Å²) < 4.78 is 45.2. The van der Waals surface area contributed by atoms with Crippen molar-refractivity contribution in [3.05, 3.63) is 60.7 Å². The highest BCUT2D eigenvalue weighted by molar-refractivity contribution is 7.49. The van der Waals surface area contributed by atoms with E-state index in [9.17, 15) is 29.5 Å². The van der Waals surface area contributed by atoms with E-state index in [1.807, 2.05) is 0 Å². The Bertz CT molecular complexity index is 1610. The summed E-state index contributed by atoms with van der Waals surface area (Å²) in [5.74, 6) is -0.812. The number of phosphoric acid groups is 1. The lowest BCUT2D eigenvalue weighted by atomic mass is 9.91. The number of amides is 1. The number of para-hydroxylation sites is 2. The monoisotopic (exact) mass is 1020 g/mol. The predicted molar refractivity (Wildman–Crippen MR) is 285 cm³/mol. The van der Waals surface area contributed by atoms with Crippen molar-refractivity contribution in [2.24, 2.45) is 5.92 Å². The van der Waals surface area contributed by atoms with Crippen molar-refractivity contribution in [1.29, 1.82) is 0 Å². The zero-order valence-electron chi connectivity index (χ0n) is 44.4. The first-order valence-electron chi connectivity index (χ1n) is 28.5. The van der Waals surface area contributed by atoms with Gasteiger partial charge in [-0.05, 0) is 49.4 Å². The molecule has 0 bridgehead atoms. The Morgan fingerprint density at radius 3 is 1.38 bits per heavy atom. The van der Waals surface area contributed by atoms with Gasteiger partial charge in [0.2, 0.25) is 5.91 Å². The molecule has 1 heterocycles. The molecule has 1 aliphatic rings. The molecule has 13 heteroatoms. The molecule has 12 nitrogen and oxygen atoms in total. The van der Waals surface area contributed by atoms with Crippen LogP contribution in [0.1, 0.15) is 233 Å². The fourth-order valence-corrected chi connectivity index (χ4v) is 11.1. The van der Waals surface area contributed by atoms with Gasteiger partial charge in [0.05, 0.1) is 19.1 Å². The maximum absolute atomic E-state index is 14.9. The summed E-state index contributed by atoms with van der Waals surface area (Å²) in [7, 11) is -4.71. The number of unbranched alkanes of at least 4 members (excludes halogenated alkanes) is 25. The zero-order chi connectivity index (χ0) is 51.2. The van der Waals surface area contributed by atoms with Gasteiger partial charge in [0, 0.05) is 6.42 Å². The predicted octanol–water partition coefficient (Wildman–Crippen LogP) is 14.7. The van der Waals surface area contributed by atoms with E-state index in [-0.39, 0.29) is 30.3 Å². The number of nitrogens with one attached hydrogen (secondary N) is 1. The minimum absolute atomic E-state index is 0.0389. The molecule has 1 fully saturated rings. The molecule has 0 aliphatic carbocycles. The molecule has 2 unspecified atom stereocenters. The third kappa shape index (κ3) is 28.3. The van der Waals surface area contributed by atoms with Gasteiger partial charge in [-0.3, -0.25) is 14.1 Å². The number of benzene rings is 2. The van der Waals surface area contributed by atoms with Crippen LogP contribution in [0, 0.1) is 5.92 Å². The number of hydrogen-bond acceptors (Lipinski definition) is 11. The standard InChI is InChI=1S/C58H98NO11P/c1-4-7-10-13-16-19-22-24-27-32-39-48(38-31-26-23-20-17-14-11-8-5-2)45-54(63)67-57-55(59-53(62)46-49(61)40-33-28-25-21-18-15-12-9-6-3)58(64)66-52(47-60)56(57)70-71(65,68-50-41-34-29-35-42-50)69-51-43-36-30-37-44-51/h29-30,34-37,41-44,48-49,52,55-58,60-61,64H,4-28,31-33,38-40,45-47H2,1-3H3,(H,59,62)/t48?,49-,52-,55-,56-,57-,58?/m1/s1. The van der Waals surface area contributed by atoms with Gasteiger partial charge in [-0.25, -0.2) is 4.57 Å². The van der Waals surface area contributed by atoms with Crippen molar-refractivity contribution in [3.63, 3.8) is 0 Å². The summed E-state index contributed by atoms with van der Waals surface area (Å²) in [5.41, 5.74) is 0. The normalized spacial score (nSPS) is 19.0. The van der Waals surface area contributed by atoms with Gasteiger partial charge in [-0.1, -0.05) is 237 Å². The van der Waals surface area contributed by atoms with Crippen LogP contribution in [-0.2, 0) is 28.2 Å². The van der Waals surface area contributed by atoms with Crippen LogP contribution in [0.5, 0.6) is 11.5 Å². The number of aliphatic hydroxyl groups excluding tert-OH is 3. The topological polar surface area (TPSA) is 170 Å². The number of carbonyl (C=O) groups excluding carboxylic acids is 2. The molecule has 0 aromatic heterocycles. The lowest BCUT2D eigenvalue weighted by Gasteiger charge is -2.44. The first kappa shape index (κ1) is 62.3. The average Bonchev–Trinajstić information content (AvgIpc) is 3.35. The van der Waals surface area contributed by atoms with Crippen LogP contribution in [0.2, 0.25) is 0 Å². The van der Waals surface area contributed by atoms with Gasteiger partial charge >= 0.3 is 13.8 Å². The van der Waals surface area contributed by atoms with Crippen molar-refractivity contribution in [2.75, 3.05) is 6.61 Å². The van der Waals surface area contributed by atoms with E-state index in [1.54, 1.807) is 60.7 Å². The lowest BCUT2D eigenvalue weighted by Crippen LogP contribution is -2.66. The first-order chi connectivity index (χ1) is 34.6. The summed E-state index contributed by atoms with van der Waals surface area (Å²) >= 11 is 0. The Morgan fingerprint density at radius 2 is 0.972 bits per heavy atom. The van der Waals surface area contributed by atoms with Gasteiger partial charge in [-0.15, -0.1) is 0 Å². The summed E-state index contributed by atoms with van der Waals surface area (Å²) in [4.78, 5) is 28.1. The third-order valence-electron chi connectivity index (χ3n) is 13.8. The van der Waals surface area contributed by atoms with Crippen LogP contribution in [0.3, 0.4) is 0 Å². The molecule has 0 saturated carbocycles. The van der Waals surface area contributed by atoms with Crippen LogP contribution >= 0.6 is 7.82 Å². The van der Waals surface area contributed by atoms with Gasteiger partial charge in [0.1, 0.15) is 29.7 Å². The van der Waals surface area contributed by atoms with Crippen LogP contribution < -0.4 is 14.4 Å². The molecular weight excluding hydrogens is 918 g/mol. The van der Waals surface area contributed by atoms with Crippen molar-refractivity contribution >= 4 is 19.7 Å². The van der Waals surface area contributed by atoms with Crippen molar-refractivity contribution in [2.45, 2.75) is 269 Å². The molecule has 1 aliphatic heterocycles. The fourth-order valence-electron chi connectivity index (χ4n) is 9.62.